The van der Waals surface area contributed by atoms with Gasteiger partial charge in [-0.15, -0.1) is 0 Å². The van der Waals surface area contributed by atoms with Crippen molar-refractivity contribution in [3.05, 3.63) is 30.4 Å². The highest BCUT2D eigenvalue weighted by Crippen LogP contribution is 2.10. The third kappa shape index (κ3) is 3.11. The topological polar surface area (TPSA) is 45.5 Å². The lowest BCUT2D eigenvalue weighted by Gasteiger charge is -2.27. The Balaban J connectivity index is 1.60. The molecule has 2 aromatic heterocycles. The first-order chi connectivity index (χ1) is 9.31. The summed E-state index contributed by atoms with van der Waals surface area (Å²) >= 11 is 0. The summed E-state index contributed by atoms with van der Waals surface area (Å²) in [6, 6.07) is 2.56. The minimum Gasteiger partial charge on any atom is -0.313 e. The van der Waals surface area contributed by atoms with Gasteiger partial charge in [-0.05, 0) is 32.5 Å². The van der Waals surface area contributed by atoms with Gasteiger partial charge >= 0.3 is 0 Å². The Morgan fingerprint density at radius 1 is 1.47 bits per heavy atom. The fourth-order valence-electron chi connectivity index (χ4n) is 2.75. The van der Waals surface area contributed by atoms with Gasteiger partial charge in [0.15, 0.2) is 0 Å². The highest BCUT2D eigenvalue weighted by atomic mass is 15.2. The third-order valence-electron chi connectivity index (χ3n) is 3.66. The van der Waals surface area contributed by atoms with Crippen LogP contribution in [0.2, 0.25) is 0 Å². The number of nitrogens with one attached hydrogen (secondary N) is 1. The SMILES string of the molecule is CN(Cc1cn2cccnc2n1)CC1CCCCN1. The van der Waals surface area contributed by atoms with E-state index in [1.54, 1.807) is 6.20 Å². The molecule has 1 N–H and O–H groups in total. The highest BCUT2D eigenvalue weighted by molar-refractivity contribution is 5.29. The maximum atomic E-state index is 4.54. The van der Waals surface area contributed by atoms with Gasteiger partial charge in [-0.25, -0.2) is 9.97 Å². The van der Waals surface area contributed by atoms with Crippen LogP contribution in [0.25, 0.3) is 5.78 Å². The van der Waals surface area contributed by atoms with E-state index in [1.165, 1.54) is 19.3 Å². The number of imidazole rings is 1. The van der Waals surface area contributed by atoms with E-state index in [2.05, 4.69) is 33.4 Å². The van der Waals surface area contributed by atoms with Gasteiger partial charge < -0.3 is 5.32 Å². The zero-order valence-corrected chi connectivity index (χ0v) is 11.4. The first kappa shape index (κ1) is 12.6. The van der Waals surface area contributed by atoms with Crippen LogP contribution in [-0.4, -0.2) is 45.4 Å². The minimum atomic E-state index is 0.633. The third-order valence-corrected chi connectivity index (χ3v) is 3.66. The monoisotopic (exact) mass is 259 g/mol. The number of likely N-dealkylation sites (N-methyl/N-ethyl adjacent to an activating group) is 1. The first-order valence-electron chi connectivity index (χ1n) is 7.02. The van der Waals surface area contributed by atoms with Crippen LogP contribution in [0.15, 0.2) is 24.7 Å². The summed E-state index contributed by atoms with van der Waals surface area (Å²) in [4.78, 5) is 11.1. The van der Waals surface area contributed by atoms with Crippen LogP contribution in [0.3, 0.4) is 0 Å². The van der Waals surface area contributed by atoms with Crippen molar-refractivity contribution in [2.45, 2.75) is 31.8 Å². The van der Waals surface area contributed by atoms with E-state index < -0.39 is 0 Å². The first-order valence-corrected chi connectivity index (χ1v) is 7.02. The number of hydrogen-bond donors (Lipinski definition) is 1. The molecule has 0 spiro atoms. The summed E-state index contributed by atoms with van der Waals surface area (Å²) in [5.74, 6) is 0.779. The zero-order chi connectivity index (χ0) is 13.1. The molecule has 1 unspecified atom stereocenters. The summed E-state index contributed by atoms with van der Waals surface area (Å²) in [5, 5.41) is 3.58. The molecule has 2 aromatic rings. The predicted octanol–water partition coefficient (Wildman–Crippen LogP) is 1.30. The van der Waals surface area contributed by atoms with Crippen LogP contribution in [0.4, 0.5) is 0 Å². The molecule has 0 aliphatic carbocycles. The number of fused-ring (bicyclic) bond motifs is 1. The summed E-state index contributed by atoms with van der Waals surface area (Å²) < 4.78 is 1.97. The van der Waals surface area contributed by atoms with E-state index in [9.17, 15) is 0 Å². The Hall–Kier alpha value is -1.46. The van der Waals surface area contributed by atoms with Crippen LogP contribution in [0.5, 0.6) is 0 Å². The molecule has 3 rings (SSSR count). The molecule has 102 valence electrons. The Morgan fingerprint density at radius 3 is 3.21 bits per heavy atom. The van der Waals surface area contributed by atoms with Crippen molar-refractivity contribution in [1.82, 2.24) is 24.6 Å². The number of piperidine rings is 1. The molecule has 0 bridgehead atoms. The summed E-state index contributed by atoms with van der Waals surface area (Å²) in [5.41, 5.74) is 1.08. The van der Waals surface area contributed by atoms with Gasteiger partial charge in [-0.2, -0.15) is 0 Å². The Morgan fingerprint density at radius 2 is 2.42 bits per heavy atom. The summed E-state index contributed by atoms with van der Waals surface area (Å²) in [6.45, 7) is 3.12. The second-order valence-electron chi connectivity index (χ2n) is 5.40. The molecule has 0 amide bonds. The van der Waals surface area contributed by atoms with Crippen molar-refractivity contribution >= 4 is 5.78 Å². The maximum absolute atomic E-state index is 4.54. The number of nitrogens with zero attached hydrogens (tertiary/aromatic N) is 4. The fourth-order valence-corrected chi connectivity index (χ4v) is 2.75. The van der Waals surface area contributed by atoms with E-state index in [0.29, 0.717) is 6.04 Å². The average Bonchev–Trinajstić information content (AvgIpc) is 2.81. The van der Waals surface area contributed by atoms with Crippen molar-refractivity contribution in [3.8, 4) is 0 Å². The van der Waals surface area contributed by atoms with Crippen molar-refractivity contribution < 1.29 is 0 Å². The molecule has 19 heavy (non-hydrogen) atoms. The molecule has 0 aromatic carbocycles. The smallest absolute Gasteiger partial charge is 0.233 e. The van der Waals surface area contributed by atoms with E-state index >= 15 is 0 Å². The van der Waals surface area contributed by atoms with E-state index in [-0.39, 0.29) is 0 Å². The Bertz CT molecular complexity index is 496. The molecule has 1 aliphatic heterocycles. The van der Waals surface area contributed by atoms with Gasteiger partial charge in [0.1, 0.15) is 0 Å². The lowest BCUT2D eigenvalue weighted by Crippen LogP contribution is -2.42. The second kappa shape index (κ2) is 5.67. The molecule has 1 atom stereocenters. The number of aromatic nitrogens is 3. The molecule has 5 heteroatoms. The van der Waals surface area contributed by atoms with Crippen molar-refractivity contribution in [3.63, 3.8) is 0 Å². The zero-order valence-electron chi connectivity index (χ0n) is 11.4. The highest BCUT2D eigenvalue weighted by Gasteiger charge is 2.15. The van der Waals surface area contributed by atoms with Gasteiger partial charge in [0.05, 0.1) is 5.69 Å². The Kier molecular flexibility index (Phi) is 3.75. The minimum absolute atomic E-state index is 0.633. The molecule has 1 aliphatic rings. The van der Waals surface area contributed by atoms with Gasteiger partial charge in [0, 0.05) is 37.7 Å². The van der Waals surface area contributed by atoms with Gasteiger partial charge in [0.2, 0.25) is 5.78 Å². The molecule has 5 nitrogen and oxygen atoms in total. The van der Waals surface area contributed by atoms with Crippen molar-refractivity contribution in [2.75, 3.05) is 20.1 Å². The van der Waals surface area contributed by atoms with Crippen LogP contribution in [0, 0.1) is 0 Å². The molecular weight excluding hydrogens is 238 g/mol. The molecular formula is C14H21N5. The fraction of sp³-hybridized carbons (Fsp3) is 0.571. The van der Waals surface area contributed by atoms with E-state index in [1.807, 2.05) is 16.7 Å². The largest absolute Gasteiger partial charge is 0.313 e. The molecule has 0 radical (unpaired) electrons. The average molecular weight is 259 g/mol. The van der Waals surface area contributed by atoms with Crippen LogP contribution < -0.4 is 5.32 Å². The summed E-state index contributed by atoms with van der Waals surface area (Å²) in [7, 11) is 2.16. The summed E-state index contributed by atoms with van der Waals surface area (Å²) in [6.07, 6.45) is 9.79. The molecule has 1 saturated heterocycles. The maximum Gasteiger partial charge on any atom is 0.233 e. The van der Waals surface area contributed by atoms with E-state index in [0.717, 1.165) is 31.1 Å². The molecule has 3 heterocycles. The van der Waals surface area contributed by atoms with Crippen LogP contribution in [0.1, 0.15) is 25.0 Å². The van der Waals surface area contributed by atoms with Gasteiger partial charge in [-0.3, -0.25) is 9.30 Å². The van der Waals surface area contributed by atoms with E-state index in [4.69, 9.17) is 0 Å². The van der Waals surface area contributed by atoms with Crippen molar-refractivity contribution in [2.24, 2.45) is 0 Å². The Labute approximate surface area is 113 Å². The van der Waals surface area contributed by atoms with Gasteiger partial charge in [-0.1, -0.05) is 6.42 Å². The number of rotatable bonds is 4. The normalized spacial score (nSPS) is 20.2. The second-order valence-corrected chi connectivity index (χ2v) is 5.40. The predicted molar refractivity (Wildman–Crippen MR) is 75.0 cm³/mol. The van der Waals surface area contributed by atoms with Gasteiger partial charge in [0.25, 0.3) is 0 Å². The number of hydrogen-bond acceptors (Lipinski definition) is 4. The van der Waals surface area contributed by atoms with Crippen LogP contribution in [-0.2, 0) is 6.54 Å². The lowest BCUT2D eigenvalue weighted by atomic mass is 10.0. The van der Waals surface area contributed by atoms with Crippen LogP contribution >= 0.6 is 0 Å². The molecule has 0 saturated carbocycles. The quantitative estimate of drug-likeness (QED) is 0.899. The standard InChI is InChI=1S/C14H21N5/c1-18(9-12-5-2-3-6-15-12)10-13-11-19-8-4-7-16-14(19)17-13/h4,7-8,11-12,15H,2-3,5-6,9-10H2,1H3. The van der Waals surface area contributed by atoms with Crippen molar-refractivity contribution in [1.29, 1.82) is 0 Å². The lowest BCUT2D eigenvalue weighted by molar-refractivity contribution is 0.254. The molecule has 1 fully saturated rings.